The molecule has 0 bridgehead atoms. The maximum atomic E-state index is 13.7. The molecular weight excluding hydrogens is 541 g/mol. The first-order valence-electron chi connectivity index (χ1n) is 11.0. The van der Waals surface area contributed by atoms with Gasteiger partial charge in [-0.15, -0.1) is 0 Å². The molecule has 37 heavy (non-hydrogen) atoms. The van der Waals surface area contributed by atoms with Crippen LogP contribution < -0.4 is 4.74 Å². The maximum Gasteiger partial charge on any atom is 0.318 e. The lowest BCUT2D eigenvalue weighted by molar-refractivity contribution is -0.137. The number of halogens is 2. The van der Waals surface area contributed by atoms with Crippen LogP contribution in [0, 0.1) is 0 Å². The molecule has 0 unspecified atom stereocenters. The highest BCUT2D eigenvalue weighted by molar-refractivity contribution is 7.89. The van der Waals surface area contributed by atoms with E-state index in [4.69, 9.17) is 32.4 Å². The second kappa shape index (κ2) is 10.9. The Labute approximate surface area is 223 Å². The molecule has 0 spiro atoms. The van der Waals surface area contributed by atoms with Crippen molar-refractivity contribution >= 4 is 55.9 Å². The van der Waals surface area contributed by atoms with Crippen LogP contribution in [0.5, 0.6) is 5.75 Å². The van der Waals surface area contributed by atoms with Gasteiger partial charge in [-0.3, -0.25) is 9.59 Å². The lowest BCUT2D eigenvalue weighted by atomic mass is 10.2. The summed E-state index contributed by atoms with van der Waals surface area (Å²) in [6, 6.07) is 17.4. The molecule has 0 saturated heterocycles. The summed E-state index contributed by atoms with van der Waals surface area (Å²) < 4.78 is 39.8. The fourth-order valence-electron chi connectivity index (χ4n) is 3.64. The average Bonchev–Trinajstić information content (AvgIpc) is 3.30. The van der Waals surface area contributed by atoms with Crippen molar-refractivity contribution in [2.75, 3.05) is 6.54 Å². The van der Waals surface area contributed by atoms with Crippen LogP contribution in [0.4, 0.5) is 0 Å². The minimum Gasteiger partial charge on any atom is -0.485 e. The number of carbonyl (C=O) groups excluding carboxylic acids is 1. The minimum absolute atomic E-state index is 0.0574. The van der Waals surface area contributed by atoms with Gasteiger partial charge in [0.05, 0.1) is 4.90 Å². The van der Waals surface area contributed by atoms with Gasteiger partial charge in [-0.25, -0.2) is 8.42 Å². The molecule has 4 rings (SSSR count). The number of ketones is 1. The highest BCUT2D eigenvalue weighted by Crippen LogP contribution is 2.36. The van der Waals surface area contributed by atoms with E-state index in [0.29, 0.717) is 15.6 Å². The van der Waals surface area contributed by atoms with E-state index in [1.807, 2.05) is 0 Å². The van der Waals surface area contributed by atoms with Gasteiger partial charge in [-0.1, -0.05) is 47.5 Å². The Morgan fingerprint density at radius 3 is 2.11 bits per heavy atom. The van der Waals surface area contributed by atoms with Gasteiger partial charge >= 0.3 is 5.97 Å². The summed E-state index contributed by atoms with van der Waals surface area (Å²) in [7, 11) is -4.35. The van der Waals surface area contributed by atoms with Gasteiger partial charge in [0.1, 0.15) is 13.2 Å². The quantitative estimate of drug-likeness (QED) is 0.243. The lowest BCUT2D eigenvalue weighted by Gasteiger charge is -2.21. The Morgan fingerprint density at radius 2 is 1.54 bits per heavy atom. The van der Waals surface area contributed by atoms with Crippen molar-refractivity contribution in [1.29, 1.82) is 0 Å². The molecular formula is C26H21Cl2NO7S. The zero-order chi connectivity index (χ0) is 26.7. The Hall–Kier alpha value is -3.37. The maximum absolute atomic E-state index is 13.7. The third-order valence-electron chi connectivity index (χ3n) is 5.46. The second-order valence-electron chi connectivity index (χ2n) is 8.18. The van der Waals surface area contributed by atoms with Gasteiger partial charge in [0, 0.05) is 28.9 Å². The van der Waals surface area contributed by atoms with E-state index in [1.165, 1.54) is 25.1 Å². The number of hydrogen-bond acceptors (Lipinski definition) is 6. The van der Waals surface area contributed by atoms with Crippen LogP contribution in [0.1, 0.15) is 28.6 Å². The first-order chi connectivity index (χ1) is 17.5. The monoisotopic (exact) mass is 561 g/mol. The fourth-order valence-corrected chi connectivity index (χ4v) is 5.44. The molecule has 0 aliphatic rings. The van der Waals surface area contributed by atoms with Crippen molar-refractivity contribution in [3.63, 3.8) is 0 Å². The van der Waals surface area contributed by atoms with Gasteiger partial charge in [0.25, 0.3) is 0 Å². The summed E-state index contributed by atoms with van der Waals surface area (Å²) in [6.45, 7) is 0.436. The molecule has 1 heterocycles. The number of nitrogens with zero attached hydrogens (tertiary/aromatic N) is 1. The van der Waals surface area contributed by atoms with E-state index in [2.05, 4.69) is 0 Å². The topological polar surface area (TPSA) is 114 Å². The normalized spacial score (nSPS) is 11.7. The van der Waals surface area contributed by atoms with Crippen molar-refractivity contribution in [3.05, 3.63) is 93.7 Å². The summed E-state index contributed by atoms with van der Waals surface area (Å²) in [4.78, 5) is 23.4. The molecule has 8 nitrogen and oxygen atoms in total. The highest BCUT2D eigenvalue weighted by Gasteiger charge is 2.31. The van der Waals surface area contributed by atoms with Crippen LogP contribution in [0.3, 0.4) is 0 Å². The van der Waals surface area contributed by atoms with Crippen molar-refractivity contribution < 1.29 is 32.3 Å². The minimum atomic E-state index is -4.35. The van der Waals surface area contributed by atoms with Crippen LogP contribution >= 0.6 is 23.2 Å². The third-order valence-corrected chi connectivity index (χ3v) is 7.82. The molecule has 0 fully saturated rings. The SMILES string of the molecule is CC(=O)c1cc2c(S(=O)(=O)N(CC(=O)O)Cc3ccc(Cl)cc3)ccc(OCc3ccc(Cl)cc3)c2o1. The van der Waals surface area contributed by atoms with Gasteiger partial charge < -0.3 is 14.3 Å². The zero-order valence-electron chi connectivity index (χ0n) is 19.5. The van der Waals surface area contributed by atoms with E-state index in [0.717, 1.165) is 9.87 Å². The molecule has 1 N–H and O–H groups in total. The lowest BCUT2D eigenvalue weighted by Crippen LogP contribution is -2.35. The summed E-state index contributed by atoms with van der Waals surface area (Å²) in [6.07, 6.45) is 0. The molecule has 1 aromatic heterocycles. The smallest absolute Gasteiger partial charge is 0.318 e. The molecule has 11 heteroatoms. The third kappa shape index (κ3) is 6.14. The average molecular weight is 562 g/mol. The first-order valence-corrected chi connectivity index (χ1v) is 13.2. The van der Waals surface area contributed by atoms with Crippen LogP contribution in [-0.4, -0.2) is 36.1 Å². The van der Waals surface area contributed by atoms with E-state index in [1.54, 1.807) is 48.5 Å². The number of furan rings is 1. The summed E-state index contributed by atoms with van der Waals surface area (Å²) in [5.41, 5.74) is 1.41. The number of benzene rings is 3. The Balaban J connectivity index is 1.75. The Bertz CT molecular complexity index is 1560. The van der Waals surface area contributed by atoms with Crippen molar-refractivity contribution in [1.82, 2.24) is 4.31 Å². The Kier molecular flexibility index (Phi) is 7.89. The standard InChI is InChI=1S/C26H21Cl2NO7S/c1-16(30)23-12-21-24(11-10-22(26(21)36-23)35-15-18-4-8-20(28)9-5-18)37(33,34)29(14-25(31)32)13-17-2-6-19(27)7-3-17/h2-12H,13-15H2,1H3,(H,31,32). The first kappa shape index (κ1) is 26.7. The van der Waals surface area contributed by atoms with Gasteiger partial charge in [0.15, 0.2) is 22.9 Å². The van der Waals surface area contributed by atoms with Gasteiger partial charge in [-0.2, -0.15) is 4.31 Å². The number of carboxylic acid groups (broad SMARTS) is 1. The number of carboxylic acids is 1. The molecule has 0 saturated carbocycles. The number of sulfonamides is 1. The molecule has 192 valence electrons. The van der Waals surface area contributed by atoms with Crippen molar-refractivity contribution in [2.24, 2.45) is 0 Å². The van der Waals surface area contributed by atoms with Crippen LogP contribution in [0.15, 0.2) is 76.0 Å². The van der Waals surface area contributed by atoms with E-state index in [9.17, 15) is 23.1 Å². The second-order valence-corrected chi connectivity index (χ2v) is 11.0. The van der Waals surface area contributed by atoms with E-state index in [-0.39, 0.29) is 40.5 Å². The summed E-state index contributed by atoms with van der Waals surface area (Å²) in [5, 5.41) is 10.6. The number of aliphatic carboxylic acids is 1. The van der Waals surface area contributed by atoms with Crippen LogP contribution in [0.25, 0.3) is 11.0 Å². The molecule has 0 aliphatic heterocycles. The van der Waals surface area contributed by atoms with Crippen LogP contribution in [0.2, 0.25) is 10.0 Å². The predicted molar refractivity (Wildman–Crippen MR) is 139 cm³/mol. The van der Waals surface area contributed by atoms with E-state index >= 15 is 0 Å². The Morgan fingerprint density at radius 1 is 0.946 bits per heavy atom. The summed E-state index contributed by atoms with van der Waals surface area (Å²) in [5.74, 6) is -1.57. The predicted octanol–water partition coefficient (Wildman–Crippen LogP) is 5.80. The fraction of sp³-hybridized carbons (Fsp3) is 0.154. The molecule has 3 aromatic carbocycles. The number of Topliss-reactive ketones (excluding diaryl/α,β-unsaturated/α-hetero) is 1. The summed E-state index contributed by atoms with van der Waals surface area (Å²) >= 11 is 11.8. The van der Waals surface area contributed by atoms with Crippen molar-refractivity contribution in [2.45, 2.75) is 25.0 Å². The van der Waals surface area contributed by atoms with Crippen LogP contribution in [-0.2, 0) is 28.0 Å². The number of ether oxygens (including phenoxy) is 1. The highest BCUT2D eigenvalue weighted by atomic mass is 35.5. The number of carbonyl (C=O) groups is 2. The van der Waals surface area contributed by atoms with Gasteiger partial charge in [-0.05, 0) is 53.6 Å². The van der Waals surface area contributed by atoms with Gasteiger partial charge in [0.2, 0.25) is 10.0 Å². The van der Waals surface area contributed by atoms with E-state index < -0.39 is 28.3 Å². The zero-order valence-corrected chi connectivity index (χ0v) is 21.8. The molecule has 0 amide bonds. The van der Waals surface area contributed by atoms with Crippen molar-refractivity contribution in [3.8, 4) is 5.75 Å². The largest absolute Gasteiger partial charge is 0.485 e. The molecule has 4 aromatic rings. The molecule has 0 atom stereocenters. The number of hydrogen-bond donors (Lipinski definition) is 1. The number of fused-ring (bicyclic) bond motifs is 1. The number of rotatable bonds is 10. The molecule has 0 radical (unpaired) electrons. The molecule has 0 aliphatic carbocycles.